The van der Waals surface area contributed by atoms with Crippen LogP contribution in [0.1, 0.15) is 5.56 Å². The van der Waals surface area contributed by atoms with E-state index in [0.717, 1.165) is 5.56 Å². The molecule has 1 aromatic carbocycles. The zero-order valence-electron chi connectivity index (χ0n) is 9.93. The molecule has 0 atom stereocenters. The fourth-order valence-corrected chi connectivity index (χ4v) is 1.73. The molecule has 1 aliphatic rings. The summed E-state index contributed by atoms with van der Waals surface area (Å²) in [5.41, 5.74) is -0.243. The average molecular weight is 255 g/mol. The predicted molar refractivity (Wildman–Crippen MR) is 63.4 cm³/mol. The van der Waals surface area contributed by atoms with Gasteiger partial charge in [-0.3, -0.25) is 0 Å². The number of rotatable bonds is 6. The van der Waals surface area contributed by atoms with Crippen molar-refractivity contribution in [3.05, 3.63) is 23.8 Å². The summed E-state index contributed by atoms with van der Waals surface area (Å²) in [6.07, 6.45) is 0. The molecule has 0 aromatic heterocycles. The third kappa shape index (κ3) is 2.41. The summed E-state index contributed by atoms with van der Waals surface area (Å²) >= 11 is 0. The molecule has 6 nitrogen and oxygen atoms in total. The van der Waals surface area contributed by atoms with Gasteiger partial charge in [0.05, 0.1) is 25.4 Å². The van der Waals surface area contributed by atoms with E-state index in [1.807, 2.05) is 18.2 Å². The fraction of sp³-hybridized carbons (Fsp3) is 0.500. The predicted octanol–water partition coefficient (Wildman–Crippen LogP) is -0.779. The molecule has 1 aliphatic heterocycles. The number of benzene rings is 1. The minimum absolute atomic E-state index is 0.192. The maximum absolute atomic E-state index is 9.21. The lowest BCUT2D eigenvalue weighted by Gasteiger charge is -2.29. The summed E-state index contributed by atoms with van der Waals surface area (Å²) in [5, 5.41) is 30.6. The van der Waals surface area contributed by atoms with E-state index >= 15 is 0 Å². The molecular weight excluding hydrogens is 238 g/mol. The van der Waals surface area contributed by atoms with Gasteiger partial charge in [0.2, 0.25) is 6.79 Å². The first-order chi connectivity index (χ1) is 8.74. The number of fused-ring (bicyclic) bond motifs is 1. The highest BCUT2D eigenvalue weighted by molar-refractivity contribution is 5.48. The largest absolute Gasteiger partial charge is 0.454 e. The fourth-order valence-electron chi connectivity index (χ4n) is 1.73. The van der Waals surface area contributed by atoms with Gasteiger partial charge in [-0.05, 0) is 6.07 Å². The minimum atomic E-state index is -1.10. The molecule has 0 aliphatic carbocycles. The van der Waals surface area contributed by atoms with Crippen LogP contribution in [0, 0.1) is 0 Å². The number of aliphatic hydroxyl groups excluding tert-OH is 3. The second kappa shape index (κ2) is 5.53. The first kappa shape index (κ1) is 13.1. The van der Waals surface area contributed by atoms with Crippen molar-refractivity contribution in [1.29, 1.82) is 0 Å². The van der Waals surface area contributed by atoms with E-state index in [4.69, 9.17) is 9.47 Å². The molecule has 0 radical (unpaired) electrons. The number of ether oxygens (including phenoxy) is 2. The van der Waals surface area contributed by atoms with Crippen LogP contribution in [0.15, 0.2) is 18.2 Å². The third-order valence-corrected chi connectivity index (χ3v) is 3.04. The Balaban J connectivity index is 2.09. The number of hydrogen-bond donors (Lipinski definition) is 4. The smallest absolute Gasteiger partial charge is 0.231 e. The summed E-state index contributed by atoms with van der Waals surface area (Å²) in [5.74, 6) is 1.34. The number of para-hydroxylation sites is 1. The van der Waals surface area contributed by atoms with Gasteiger partial charge in [-0.15, -0.1) is 0 Å². The van der Waals surface area contributed by atoms with Crippen molar-refractivity contribution in [3.63, 3.8) is 0 Å². The van der Waals surface area contributed by atoms with E-state index < -0.39 is 5.54 Å². The van der Waals surface area contributed by atoms with Crippen molar-refractivity contribution in [1.82, 2.24) is 5.32 Å². The zero-order chi connectivity index (χ0) is 13.0. The maximum atomic E-state index is 9.21. The minimum Gasteiger partial charge on any atom is -0.454 e. The SMILES string of the molecule is OCC(CO)(CO)NCc1cccc2c1OCO2. The van der Waals surface area contributed by atoms with Crippen LogP contribution in [-0.4, -0.2) is 47.5 Å². The molecule has 100 valence electrons. The molecule has 0 fully saturated rings. The highest BCUT2D eigenvalue weighted by Crippen LogP contribution is 2.35. The highest BCUT2D eigenvalue weighted by atomic mass is 16.7. The Morgan fingerprint density at radius 1 is 1.11 bits per heavy atom. The van der Waals surface area contributed by atoms with Crippen LogP contribution in [0.3, 0.4) is 0 Å². The monoisotopic (exact) mass is 255 g/mol. The second-order valence-electron chi connectivity index (χ2n) is 4.26. The van der Waals surface area contributed by atoms with Crippen LogP contribution in [0.2, 0.25) is 0 Å². The molecule has 0 unspecified atom stereocenters. The van der Waals surface area contributed by atoms with Gasteiger partial charge in [0, 0.05) is 12.1 Å². The van der Waals surface area contributed by atoms with Crippen molar-refractivity contribution in [2.45, 2.75) is 12.1 Å². The Labute approximate surface area is 105 Å². The molecular formula is C12H17NO5. The number of nitrogens with one attached hydrogen (secondary N) is 1. The van der Waals surface area contributed by atoms with E-state index in [1.54, 1.807) is 0 Å². The van der Waals surface area contributed by atoms with E-state index in [0.29, 0.717) is 18.0 Å². The lowest BCUT2D eigenvalue weighted by Crippen LogP contribution is -2.54. The summed E-state index contributed by atoms with van der Waals surface area (Å²) in [6.45, 7) is -0.517. The van der Waals surface area contributed by atoms with Gasteiger partial charge in [-0.1, -0.05) is 12.1 Å². The van der Waals surface area contributed by atoms with Crippen LogP contribution < -0.4 is 14.8 Å². The zero-order valence-corrected chi connectivity index (χ0v) is 9.93. The molecule has 0 saturated carbocycles. The van der Waals surface area contributed by atoms with Gasteiger partial charge in [-0.25, -0.2) is 0 Å². The van der Waals surface area contributed by atoms with E-state index in [1.165, 1.54) is 0 Å². The van der Waals surface area contributed by atoms with Gasteiger partial charge in [0.25, 0.3) is 0 Å². The third-order valence-electron chi connectivity index (χ3n) is 3.04. The molecule has 1 aromatic rings. The number of aliphatic hydroxyl groups is 3. The Kier molecular flexibility index (Phi) is 4.03. The average Bonchev–Trinajstić information content (AvgIpc) is 2.90. The van der Waals surface area contributed by atoms with Gasteiger partial charge >= 0.3 is 0 Å². The Morgan fingerprint density at radius 2 is 1.83 bits per heavy atom. The number of hydrogen-bond acceptors (Lipinski definition) is 6. The lowest BCUT2D eigenvalue weighted by molar-refractivity contribution is 0.0412. The summed E-state index contributed by atoms with van der Waals surface area (Å²) in [4.78, 5) is 0. The van der Waals surface area contributed by atoms with Crippen molar-refractivity contribution >= 4 is 0 Å². The highest BCUT2D eigenvalue weighted by Gasteiger charge is 2.28. The van der Waals surface area contributed by atoms with Gasteiger partial charge < -0.3 is 30.1 Å². The quantitative estimate of drug-likeness (QED) is 0.533. The Hall–Kier alpha value is -1.34. The standard InChI is InChI=1S/C12H17NO5/c14-5-12(6-15,7-16)13-4-9-2-1-3-10-11(9)18-8-17-10/h1-3,13-16H,4-8H2. The molecule has 1 heterocycles. The first-order valence-electron chi connectivity index (χ1n) is 5.70. The van der Waals surface area contributed by atoms with E-state index in [-0.39, 0.29) is 26.6 Å². The molecule has 0 spiro atoms. The van der Waals surface area contributed by atoms with E-state index in [9.17, 15) is 15.3 Å². The normalized spacial score (nSPS) is 13.9. The Bertz CT molecular complexity index is 397. The molecule has 0 bridgehead atoms. The molecule has 6 heteroatoms. The summed E-state index contributed by atoms with van der Waals surface area (Å²) in [7, 11) is 0. The van der Waals surface area contributed by atoms with Gasteiger partial charge in [-0.2, -0.15) is 0 Å². The van der Waals surface area contributed by atoms with Crippen LogP contribution in [0.5, 0.6) is 11.5 Å². The summed E-state index contributed by atoms with van der Waals surface area (Å²) in [6, 6.07) is 5.50. The van der Waals surface area contributed by atoms with Crippen LogP contribution >= 0.6 is 0 Å². The van der Waals surface area contributed by atoms with Crippen LogP contribution in [0.25, 0.3) is 0 Å². The molecule has 0 saturated heterocycles. The summed E-state index contributed by atoms with van der Waals surface area (Å²) < 4.78 is 10.6. The molecule has 4 N–H and O–H groups in total. The first-order valence-corrected chi connectivity index (χ1v) is 5.70. The van der Waals surface area contributed by atoms with Gasteiger partial charge in [0.15, 0.2) is 11.5 Å². The van der Waals surface area contributed by atoms with E-state index in [2.05, 4.69) is 5.32 Å². The second-order valence-corrected chi connectivity index (χ2v) is 4.26. The van der Waals surface area contributed by atoms with Crippen molar-refractivity contribution in [3.8, 4) is 11.5 Å². The molecule has 0 amide bonds. The van der Waals surface area contributed by atoms with Crippen molar-refractivity contribution < 1.29 is 24.8 Å². The van der Waals surface area contributed by atoms with Crippen molar-refractivity contribution in [2.24, 2.45) is 0 Å². The lowest BCUT2D eigenvalue weighted by atomic mass is 10.0. The molecule has 18 heavy (non-hydrogen) atoms. The Morgan fingerprint density at radius 3 is 2.50 bits per heavy atom. The maximum Gasteiger partial charge on any atom is 0.231 e. The van der Waals surface area contributed by atoms with Gasteiger partial charge in [0.1, 0.15) is 0 Å². The topological polar surface area (TPSA) is 91.2 Å². The van der Waals surface area contributed by atoms with Crippen molar-refractivity contribution in [2.75, 3.05) is 26.6 Å². The van der Waals surface area contributed by atoms with Crippen LogP contribution in [-0.2, 0) is 6.54 Å². The van der Waals surface area contributed by atoms with Crippen LogP contribution in [0.4, 0.5) is 0 Å². The molecule has 2 rings (SSSR count).